The summed E-state index contributed by atoms with van der Waals surface area (Å²) < 4.78 is 61.3. The molecule has 1 aromatic heterocycles. The first kappa shape index (κ1) is 18.5. The highest BCUT2D eigenvalue weighted by Crippen LogP contribution is 2.32. The van der Waals surface area contributed by atoms with Crippen molar-refractivity contribution in [2.75, 3.05) is 0 Å². The second-order valence-electron chi connectivity index (χ2n) is 5.48. The van der Waals surface area contributed by atoms with Crippen molar-refractivity contribution < 1.29 is 36.9 Å². The van der Waals surface area contributed by atoms with E-state index >= 15 is 0 Å². The summed E-state index contributed by atoms with van der Waals surface area (Å²) >= 11 is 0. The predicted molar refractivity (Wildman–Crippen MR) is 75.4 cm³/mol. The van der Waals surface area contributed by atoms with Crippen LogP contribution in [0.3, 0.4) is 0 Å². The number of hydrogen-bond donors (Lipinski definition) is 0. The average Bonchev–Trinajstić information content (AvgIpc) is 2.49. The highest BCUT2D eigenvalue weighted by atomic mass is 19.4. The Morgan fingerprint density at radius 2 is 1.68 bits per heavy atom. The first-order valence-corrected chi connectivity index (χ1v) is 6.90. The molecule has 0 N–H and O–H groups in total. The fourth-order valence-corrected chi connectivity index (χ4v) is 1.68. The van der Waals surface area contributed by atoms with Gasteiger partial charge in [0.1, 0.15) is 17.1 Å². The van der Waals surface area contributed by atoms with Crippen LogP contribution >= 0.6 is 0 Å². The third-order valence-corrected chi connectivity index (χ3v) is 3.04. The summed E-state index contributed by atoms with van der Waals surface area (Å²) in [6.45, 7) is 2.60. The quantitative estimate of drug-likeness (QED) is 0.769. The number of hydrogen-bond acceptors (Lipinski definition) is 5. The zero-order chi connectivity index (χ0) is 18.8. The number of aromatic nitrogens is 1. The molecule has 5 nitrogen and oxygen atoms in total. The van der Waals surface area contributed by atoms with Crippen molar-refractivity contribution in [3.8, 4) is 17.4 Å². The van der Waals surface area contributed by atoms with Crippen molar-refractivity contribution in [3.63, 3.8) is 0 Å². The van der Waals surface area contributed by atoms with Crippen molar-refractivity contribution in [1.82, 2.24) is 4.98 Å². The lowest BCUT2D eigenvalue weighted by molar-refractivity contribution is -0.320. The SMILES string of the molecule is CC(C)(Oc1ccc(Oc2ncc(C(F)(F)F)cc2F)cc1)C(=O)[O-]. The van der Waals surface area contributed by atoms with Gasteiger partial charge < -0.3 is 19.4 Å². The van der Waals surface area contributed by atoms with Gasteiger partial charge in [0.15, 0.2) is 5.82 Å². The highest BCUT2D eigenvalue weighted by Gasteiger charge is 2.32. The van der Waals surface area contributed by atoms with Gasteiger partial charge in [-0.05, 0) is 44.2 Å². The minimum atomic E-state index is -4.71. The van der Waals surface area contributed by atoms with Crippen LogP contribution in [0.2, 0.25) is 0 Å². The standard InChI is InChI=1S/C16H13F4NO4/c1-15(2,14(22)23)25-11-5-3-10(4-6-11)24-13-12(17)7-9(8-21-13)16(18,19)20/h3-8H,1-2H3,(H,22,23)/p-1. The number of benzene rings is 1. The molecule has 0 aliphatic carbocycles. The van der Waals surface area contributed by atoms with Crippen LogP contribution in [-0.2, 0) is 11.0 Å². The molecule has 0 bridgehead atoms. The van der Waals surface area contributed by atoms with E-state index in [4.69, 9.17) is 9.47 Å². The molecule has 0 atom stereocenters. The number of carboxylic acid groups (broad SMARTS) is 1. The lowest BCUT2D eigenvalue weighted by Crippen LogP contribution is -2.47. The summed E-state index contributed by atoms with van der Waals surface area (Å²) in [5.74, 6) is -3.05. The van der Waals surface area contributed by atoms with E-state index in [0.29, 0.717) is 6.20 Å². The molecular weight excluding hydrogens is 346 g/mol. The van der Waals surface area contributed by atoms with Gasteiger partial charge in [-0.15, -0.1) is 0 Å². The van der Waals surface area contributed by atoms with E-state index in [1.165, 1.54) is 38.1 Å². The van der Waals surface area contributed by atoms with E-state index in [1.54, 1.807) is 0 Å². The van der Waals surface area contributed by atoms with E-state index < -0.39 is 35.0 Å². The van der Waals surface area contributed by atoms with Crippen LogP contribution in [0, 0.1) is 5.82 Å². The Morgan fingerprint density at radius 1 is 1.12 bits per heavy atom. The van der Waals surface area contributed by atoms with Crippen LogP contribution in [-0.4, -0.2) is 16.6 Å². The molecule has 0 aliphatic heterocycles. The number of aliphatic carboxylic acids is 1. The summed E-state index contributed by atoms with van der Waals surface area (Å²) in [5, 5.41) is 10.9. The molecule has 0 radical (unpaired) electrons. The molecule has 0 saturated heterocycles. The predicted octanol–water partition coefficient (Wildman–Crippen LogP) is 2.94. The van der Waals surface area contributed by atoms with E-state index in [-0.39, 0.29) is 17.6 Å². The molecular formula is C16H12F4NO4-. The Balaban J connectivity index is 2.13. The Labute approximate surface area is 139 Å². The van der Waals surface area contributed by atoms with Crippen molar-refractivity contribution in [2.24, 2.45) is 0 Å². The summed E-state index contributed by atoms with van der Waals surface area (Å²) in [7, 11) is 0. The molecule has 0 aliphatic rings. The molecule has 2 aromatic rings. The minimum absolute atomic E-state index is 0.0739. The molecule has 1 aromatic carbocycles. The lowest BCUT2D eigenvalue weighted by Gasteiger charge is -2.27. The van der Waals surface area contributed by atoms with Gasteiger partial charge in [-0.3, -0.25) is 0 Å². The number of carbonyl (C=O) groups is 1. The average molecular weight is 358 g/mol. The van der Waals surface area contributed by atoms with Gasteiger partial charge in [0, 0.05) is 6.20 Å². The monoisotopic (exact) mass is 358 g/mol. The van der Waals surface area contributed by atoms with Gasteiger partial charge in [0.05, 0.1) is 11.5 Å². The molecule has 0 amide bonds. The molecule has 0 unspecified atom stereocenters. The van der Waals surface area contributed by atoms with Crippen LogP contribution in [0.15, 0.2) is 36.5 Å². The number of carboxylic acids is 1. The van der Waals surface area contributed by atoms with Crippen LogP contribution in [0.5, 0.6) is 17.4 Å². The van der Waals surface area contributed by atoms with Crippen molar-refractivity contribution in [2.45, 2.75) is 25.6 Å². The fraction of sp³-hybridized carbons (Fsp3) is 0.250. The van der Waals surface area contributed by atoms with E-state index in [9.17, 15) is 27.5 Å². The van der Waals surface area contributed by atoms with Crippen molar-refractivity contribution in [1.29, 1.82) is 0 Å². The Morgan fingerprint density at radius 3 is 2.16 bits per heavy atom. The summed E-state index contributed by atoms with van der Waals surface area (Å²) in [6.07, 6.45) is -4.25. The first-order valence-electron chi connectivity index (χ1n) is 6.90. The van der Waals surface area contributed by atoms with E-state index in [1.807, 2.05) is 0 Å². The summed E-state index contributed by atoms with van der Waals surface area (Å²) in [6, 6.07) is 5.62. The maximum atomic E-state index is 13.7. The number of pyridine rings is 1. The third kappa shape index (κ3) is 4.59. The minimum Gasteiger partial charge on any atom is -0.546 e. The molecule has 0 spiro atoms. The summed E-state index contributed by atoms with van der Waals surface area (Å²) in [5.41, 5.74) is -2.80. The van der Waals surface area contributed by atoms with Gasteiger partial charge in [-0.1, -0.05) is 0 Å². The van der Waals surface area contributed by atoms with E-state index in [2.05, 4.69) is 4.98 Å². The zero-order valence-electron chi connectivity index (χ0n) is 13.1. The third-order valence-electron chi connectivity index (χ3n) is 3.04. The number of ether oxygens (including phenoxy) is 2. The van der Waals surface area contributed by atoms with Gasteiger partial charge in [-0.25, -0.2) is 9.37 Å². The van der Waals surface area contributed by atoms with Gasteiger partial charge in [0.2, 0.25) is 0 Å². The van der Waals surface area contributed by atoms with E-state index in [0.717, 1.165) is 0 Å². The Hall–Kier alpha value is -2.84. The molecule has 134 valence electrons. The number of nitrogens with zero attached hydrogens (tertiary/aromatic N) is 1. The normalized spacial score (nSPS) is 11.9. The molecule has 0 fully saturated rings. The second kappa shape index (κ2) is 6.58. The molecule has 25 heavy (non-hydrogen) atoms. The van der Waals surface area contributed by atoms with Gasteiger partial charge in [-0.2, -0.15) is 13.2 Å². The number of alkyl halides is 3. The van der Waals surface area contributed by atoms with Gasteiger partial charge in [0.25, 0.3) is 5.88 Å². The first-order chi connectivity index (χ1) is 11.5. The largest absolute Gasteiger partial charge is 0.546 e. The summed E-state index contributed by atoms with van der Waals surface area (Å²) in [4.78, 5) is 14.2. The number of rotatable bonds is 5. The highest BCUT2D eigenvalue weighted by molar-refractivity contribution is 5.74. The van der Waals surface area contributed by atoms with Crippen LogP contribution in [0.25, 0.3) is 0 Å². The lowest BCUT2D eigenvalue weighted by atomic mass is 10.1. The Kier molecular flexibility index (Phi) is 4.87. The zero-order valence-corrected chi connectivity index (χ0v) is 13.1. The van der Waals surface area contributed by atoms with Crippen LogP contribution in [0.1, 0.15) is 19.4 Å². The fourth-order valence-electron chi connectivity index (χ4n) is 1.68. The maximum absolute atomic E-state index is 13.7. The topological polar surface area (TPSA) is 71.5 Å². The number of carbonyl (C=O) groups excluding carboxylic acids is 1. The number of halogens is 4. The van der Waals surface area contributed by atoms with Crippen LogP contribution < -0.4 is 14.6 Å². The van der Waals surface area contributed by atoms with Crippen molar-refractivity contribution in [3.05, 3.63) is 47.9 Å². The second-order valence-corrected chi connectivity index (χ2v) is 5.48. The van der Waals surface area contributed by atoms with Crippen molar-refractivity contribution >= 4 is 5.97 Å². The molecule has 0 saturated carbocycles. The molecule has 1 heterocycles. The smallest absolute Gasteiger partial charge is 0.417 e. The Bertz CT molecular complexity index is 773. The molecule has 9 heteroatoms. The van der Waals surface area contributed by atoms with Gasteiger partial charge >= 0.3 is 6.18 Å². The molecule has 2 rings (SSSR count). The van der Waals surface area contributed by atoms with Crippen LogP contribution in [0.4, 0.5) is 17.6 Å². The maximum Gasteiger partial charge on any atom is 0.417 e.